The van der Waals surface area contributed by atoms with E-state index in [1.165, 1.54) is 19.1 Å². The van der Waals surface area contributed by atoms with Gasteiger partial charge in [-0.1, -0.05) is 19.1 Å². The molecule has 1 aromatic rings. The SMILES string of the molecule is CC(C(=O)NC(C)(C(N)=O)c1cccc(C(F)(F)F)c1)C1CNC1. The topological polar surface area (TPSA) is 84.2 Å². The standard InChI is InChI=1S/C16H20F3N3O2/c1-9(10-7-21-8-10)13(23)22-15(2,14(20)24)11-4-3-5-12(6-11)16(17,18)19/h3-6,9-10,21H,7-8H2,1-2H3,(H2,20,24)(H,22,23). The van der Waals surface area contributed by atoms with Crippen LogP contribution in [0.5, 0.6) is 0 Å². The Hall–Kier alpha value is -2.09. The van der Waals surface area contributed by atoms with E-state index < -0.39 is 29.1 Å². The third kappa shape index (κ3) is 3.53. The summed E-state index contributed by atoms with van der Waals surface area (Å²) in [5, 5.41) is 5.57. The van der Waals surface area contributed by atoms with Crippen LogP contribution in [-0.4, -0.2) is 24.9 Å². The van der Waals surface area contributed by atoms with Gasteiger partial charge in [0.05, 0.1) is 5.56 Å². The second kappa shape index (κ2) is 6.43. The Morgan fingerprint density at radius 1 is 1.29 bits per heavy atom. The van der Waals surface area contributed by atoms with Crippen LogP contribution in [0.4, 0.5) is 13.2 Å². The lowest BCUT2D eigenvalue weighted by molar-refractivity contribution is -0.138. The second-order valence-electron chi connectivity index (χ2n) is 6.26. The molecule has 2 atom stereocenters. The molecular formula is C16H20F3N3O2. The number of amides is 2. The highest BCUT2D eigenvalue weighted by Gasteiger charge is 2.40. The van der Waals surface area contributed by atoms with Crippen LogP contribution < -0.4 is 16.4 Å². The minimum Gasteiger partial charge on any atom is -0.367 e. The van der Waals surface area contributed by atoms with E-state index in [0.29, 0.717) is 13.1 Å². The van der Waals surface area contributed by atoms with Crippen molar-refractivity contribution in [2.24, 2.45) is 17.6 Å². The summed E-state index contributed by atoms with van der Waals surface area (Å²) in [5.41, 5.74) is 2.76. The third-order valence-corrected chi connectivity index (χ3v) is 4.57. The average Bonchev–Trinajstić information content (AvgIpc) is 2.44. The summed E-state index contributed by atoms with van der Waals surface area (Å²) in [6.45, 7) is 4.40. The predicted molar refractivity (Wildman–Crippen MR) is 81.7 cm³/mol. The van der Waals surface area contributed by atoms with E-state index in [1.54, 1.807) is 6.92 Å². The molecular weight excluding hydrogens is 323 g/mol. The van der Waals surface area contributed by atoms with E-state index in [-0.39, 0.29) is 17.4 Å². The molecule has 1 aliphatic rings. The van der Waals surface area contributed by atoms with Crippen LogP contribution in [-0.2, 0) is 21.3 Å². The first-order valence-corrected chi connectivity index (χ1v) is 7.56. The van der Waals surface area contributed by atoms with Gasteiger partial charge in [0, 0.05) is 5.92 Å². The number of hydrogen-bond donors (Lipinski definition) is 3. The predicted octanol–water partition coefficient (Wildman–Crippen LogP) is 1.38. The minimum atomic E-state index is -4.55. The van der Waals surface area contributed by atoms with E-state index in [2.05, 4.69) is 10.6 Å². The fourth-order valence-electron chi connectivity index (χ4n) is 2.52. The van der Waals surface area contributed by atoms with E-state index in [4.69, 9.17) is 5.73 Å². The number of carbonyl (C=O) groups is 2. The Bertz CT molecular complexity index is 644. The highest BCUT2D eigenvalue weighted by molar-refractivity contribution is 5.91. The molecule has 132 valence electrons. The van der Waals surface area contributed by atoms with Gasteiger partial charge in [-0.05, 0) is 43.6 Å². The van der Waals surface area contributed by atoms with E-state index >= 15 is 0 Å². The molecule has 0 radical (unpaired) electrons. The van der Waals surface area contributed by atoms with Gasteiger partial charge < -0.3 is 16.4 Å². The van der Waals surface area contributed by atoms with Gasteiger partial charge in [0.25, 0.3) is 0 Å². The first-order valence-electron chi connectivity index (χ1n) is 7.56. The monoisotopic (exact) mass is 343 g/mol. The van der Waals surface area contributed by atoms with E-state index in [0.717, 1.165) is 12.1 Å². The lowest BCUT2D eigenvalue weighted by Crippen LogP contribution is -2.57. The van der Waals surface area contributed by atoms with Gasteiger partial charge in [0.1, 0.15) is 5.54 Å². The van der Waals surface area contributed by atoms with Gasteiger partial charge in [0.2, 0.25) is 11.8 Å². The lowest BCUT2D eigenvalue weighted by atomic mass is 9.85. The molecule has 4 N–H and O–H groups in total. The molecule has 2 rings (SSSR count). The van der Waals surface area contributed by atoms with Crippen LogP contribution in [0, 0.1) is 11.8 Å². The Balaban J connectivity index is 2.30. The number of halogens is 3. The third-order valence-electron chi connectivity index (χ3n) is 4.57. The first-order chi connectivity index (χ1) is 11.1. The molecule has 0 aromatic heterocycles. The number of benzene rings is 1. The van der Waals surface area contributed by atoms with Crippen LogP contribution >= 0.6 is 0 Å². The Morgan fingerprint density at radius 2 is 1.88 bits per heavy atom. The summed E-state index contributed by atoms with van der Waals surface area (Å²) in [6.07, 6.45) is -4.55. The molecule has 0 aliphatic carbocycles. The highest BCUT2D eigenvalue weighted by atomic mass is 19.4. The molecule has 5 nitrogen and oxygen atoms in total. The fraction of sp³-hybridized carbons (Fsp3) is 0.500. The molecule has 0 bridgehead atoms. The van der Waals surface area contributed by atoms with Crippen molar-refractivity contribution in [2.75, 3.05) is 13.1 Å². The summed E-state index contributed by atoms with van der Waals surface area (Å²) < 4.78 is 38.7. The van der Waals surface area contributed by atoms with E-state index in [1.807, 2.05) is 0 Å². The molecule has 1 heterocycles. The summed E-state index contributed by atoms with van der Waals surface area (Å²) in [5.74, 6) is -1.59. The molecule has 1 fully saturated rings. The molecule has 2 amide bonds. The van der Waals surface area contributed by atoms with Crippen molar-refractivity contribution in [3.05, 3.63) is 35.4 Å². The Morgan fingerprint density at radius 3 is 2.33 bits per heavy atom. The van der Waals surface area contributed by atoms with Gasteiger partial charge in [-0.3, -0.25) is 9.59 Å². The van der Waals surface area contributed by atoms with Gasteiger partial charge in [-0.2, -0.15) is 13.2 Å². The Kier molecular flexibility index (Phi) is 4.89. The molecule has 8 heteroatoms. The number of alkyl halides is 3. The van der Waals surface area contributed by atoms with E-state index in [9.17, 15) is 22.8 Å². The quantitative estimate of drug-likeness (QED) is 0.755. The summed E-state index contributed by atoms with van der Waals surface area (Å²) in [6, 6.07) is 4.26. The second-order valence-corrected chi connectivity index (χ2v) is 6.26. The maximum absolute atomic E-state index is 12.9. The largest absolute Gasteiger partial charge is 0.416 e. The van der Waals surface area contributed by atoms with Crippen molar-refractivity contribution in [1.82, 2.24) is 10.6 Å². The maximum Gasteiger partial charge on any atom is 0.416 e. The number of nitrogens with two attached hydrogens (primary N) is 1. The number of primary amides is 1. The molecule has 0 spiro atoms. The molecule has 1 saturated heterocycles. The Labute approximate surface area is 137 Å². The first kappa shape index (κ1) is 18.3. The smallest absolute Gasteiger partial charge is 0.367 e. The molecule has 1 aliphatic heterocycles. The normalized spacial score (nSPS) is 19.0. The van der Waals surface area contributed by atoms with Crippen molar-refractivity contribution >= 4 is 11.8 Å². The van der Waals surface area contributed by atoms with Crippen molar-refractivity contribution in [3.8, 4) is 0 Å². The zero-order chi connectivity index (χ0) is 18.1. The number of nitrogens with one attached hydrogen (secondary N) is 2. The van der Waals surface area contributed by atoms with Gasteiger partial charge in [-0.15, -0.1) is 0 Å². The van der Waals surface area contributed by atoms with Crippen LogP contribution in [0.15, 0.2) is 24.3 Å². The zero-order valence-electron chi connectivity index (χ0n) is 13.4. The van der Waals surface area contributed by atoms with Gasteiger partial charge in [-0.25, -0.2) is 0 Å². The van der Waals surface area contributed by atoms with Crippen molar-refractivity contribution in [2.45, 2.75) is 25.6 Å². The zero-order valence-corrected chi connectivity index (χ0v) is 13.4. The average molecular weight is 343 g/mol. The van der Waals surface area contributed by atoms with Crippen molar-refractivity contribution < 1.29 is 22.8 Å². The van der Waals surface area contributed by atoms with Crippen LogP contribution in [0.1, 0.15) is 25.0 Å². The summed E-state index contributed by atoms with van der Waals surface area (Å²) >= 11 is 0. The van der Waals surface area contributed by atoms with Crippen molar-refractivity contribution in [3.63, 3.8) is 0 Å². The lowest BCUT2D eigenvalue weighted by Gasteiger charge is -2.35. The number of rotatable bonds is 5. The van der Waals surface area contributed by atoms with Crippen LogP contribution in [0.2, 0.25) is 0 Å². The molecule has 0 saturated carbocycles. The maximum atomic E-state index is 12.9. The molecule has 2 unspecified atom stereocenters. The number of carbonyl (C=O) groups excluding carboxylic acids is 2. The van der Waals surface area contributed by atoms with Gasteiger partial charge in [0.15, 0.2) is 0 Å². The fourth-order valence-corrected chi connectivity index (χ4v) is 2.52. The molecule has 1 aromatic carbocycles. The number of hydrogen-bond acceptors (Lipinski definition) is 3. The molecule has 24 heavy (non-hydrogen) atoms. The van der Waals surface area contributed by atoms with Crippen LogP contribution in [0.3, 0.4) is 0 Å². The van der Waals surface area contributed by atoms with Crippen molar-refractivity contribution in [1.29, 1.82) is 0 Å². The van der Waals surface area contributed by atoms with Crippen LogP contribution in [0.25, 0.3) is 0 Å². The van der Waals surface area contributed by atoms with Gasteiger partial charge >= 0.3 is 6.18 Å². The summed E-state index contributed by atoms with van der Waals surface area (Å²) in [7, 11) is 0. The highest BCUT2D eigenvalue weighted by Crippen LogP contribution is 2.32. The summed E-state index contributed by atoms with van der Waals surface area (Å²) in [4.78, 5) is 24.3. The minimum absolute atomic E-state index is 0.00268.